The van der Waals surface area contributed by atoms with Crippen molar-refractivity contribution in [1.29, 1.82) is 0 Å². The van der Waals surface area contributed by atoms with Crippen molar-refractivity contribution in [3.8, 4) is 0 Å². The van der Waals surface area contributed by atoms with E-state index >= 15 is 0 Å². The summed E-state index contributed by atoms with van der Waals surface area (Å²) in [6.07, 6.45) is -1.13. The third-order valence-corrected chi connectivity index (χ3v) is 5.61. The number of amides is 2. The van der Waals surface area contributed by atoms with Gasteiger partial charge in [-0.15, -0.1) is 0 Å². The molecule has 1 atom stereocenters. The monoisotopic (exact) mass is 439 g/mol. The maximum absolute atomic E-state index is 14.7. The third-order valence-electron chi connectivity index (χ3n) is 5.61. The Balaban J connectivity index is 1.21. The number of benzene rings is 2. The number of carbonyl (C=O) groups is 2. The van der Waals surface area contributed by atoms with Crippen molar-refractivity contribution in [2.75, 3.05) is 49.2 Å². The fraction of sp³-hybridized carbons (Fsp3) is 0.304. The van der Waals surface area contributed by atoms with Crippen molar-refractivity contribution in [3.63, 3.8) is 0 Å². The van der Waals surface area contributed by atoms with Gasteiger partial charge in [0.05, 0.1) is 37.7 Å². The van der Waals surface area contributed by atoms with E-state index in [0.717, 1.165) is 5.39 Å². The van der Waals surface area contributed by atoms with Crippen LogP contribution in [0.1, 0.15) is 10.6 Å². The van der Waals surface area contributed by atoms with E-state index in [1.807, 2.05) is 23.1 Å². The smallest absolute Gasteiger partial charge is 0.414 e. The predicted octanol–water partition coefficient (Wildman–Crippen LogP) is 3.16. The third kappa shape index (κ3) is 3.99. The molecule has 1 N–H and O–H groups in total. The molecule has 166 valence electrons. The summed E-state index contributed by atoms with van der Waals surface area (Å²) in [4.78, 5) is 28.0. The van der Waals surface area contributed by atoms with Crippen molar-refractivity contribution >= 4 is 34.3 Å². The summed E-state index contributed by atoms with van der Waals surface area (Å²) in [6, 6.07) is 13.7. The highest BCUT2D eigenvalue weighted by Crippen LogP contribution is 2.28. The topological polar surface area (TPSA) is 84.2 Å². The number of rotatable bonds is 5. The van der Waals surface area contributed by atoms with E-state index in [-0.39, 0.29) is 18.8 Å². The van der Waals surface area contributed by atoms with Gasteiger partial charge in [-0.3, -0.25) is 9.69 Å². The molecule has 2 aliphatic rings. The molecule has 3 heterocycles. The summed E-state index contributed by atoms with van der Waals surface area (Å²) in [5.41, 5.74) is 1.52. The molecule has 0 spiro atoms. The average Bonchev–Trinajstić information content (AvgIpc) is 3.41. The van der Waals surface area contributed by atoms with Crippen molar-refractivity contribution in [2.45, 2.75) is 6.10 Å². The number of nitrogens with one attached hydrogen (secondary N) is 1. The van der Waals surface area contributed by atoms with Gasteiger partial charge < -0.3 is 24.1 Å². The second kappa shape index (κ2) is 8.51. The fourth-order valence-electron chi connectivity index (χ4n) is 3.95. The average molecular weight is 439 g/mol. The van der Waals surface area contributed by atoms with Gasteiger partial charge in [0, 0.05) is 18.5 Å². The van der Waals surface area contributed by atoms with Crippen molar-refractivity contribution in [2.24, 2.45) is 0 Å². The highest BCUT2D eigenvalue weighted by Gasteiger charge is 2.33. The zero-order valence-electron chi connectivity index (χ0n) is 17.3. The van der Waals surface area contributed by atoms with Crippen LogP contribution in [0.5, 0.6) is 0 Å². The molecule has 2 aliphatic heterocycles. The largest absolute Gasteiger partial charge is 0.451 e. The van der Waals surface area contributed by atoms with E-state index in [9.17, 15) is 14.0 Å². The van der Waals surface area contributed by atoms with Gasteiger partial charge >= 0.3 is 6.09 Å². The molecule has 0 aliphatic carbocycles. The van der Waals surface area contributed by atoms with E-state index in [0.29, 0.717) is 43.3 Å². The van der Waals surface area contributed by atoms with Crippen molar-refractivity contribution in [1.82, 2.24) is 5.32 Å². The molecule has 3 aromatic rings. The van der Waals surface area contributed by atoms with Gasteiger partial charge in [-0.2, -0.15) is 0 Å². The molecule has 32 heavy (non-hydrogen) atoms. The molecule has 2 aromatic carbocycles. The Morgan fingerprint density at radius 2 is 1.94 bits per heavy atom. The van der Waals surface area contributed by atoms with Crippen LogP contribution in [0.3, 0.4) is 0 Å². The molecule has 1 aromatic heterocycles. The van der Waals surface area contributed by atoms with Gasteiger partial charge in [-0.1, -0.05) is 18.2 Å². The molecule has 2 saturated heterocycles. The number of para-hydroxylation sites is 1. The SMILES string of the molecule is O=C(NC[C@H]1CN(c2ccc(N3CCOCC3)c(F)c2)C(=O)O1)c1cc2ccccc2o1. The Morgan fingerprint density at radius 3 is 2.72 bits per heavy atom. The van der Waals surface area contributed by atoms with Crippen LogP contribution in [0.4, 0.5) is 20.6 Å². The molecule has 0 saturated carbocycles. The first-order valence-electron chi connectivity index (χ1n) is 10.5. The van der Waals surface area contributed by atoms with Crippen molar-refractivity contribution < 1.29 is 27.9 Å². The summed E-state index contributed by atoms with van der Waals surface area (Å²) in [7, 11) is 0. The maximum Gasteiger partial charge on any atom is 0.414 e. The molecule has 0 radical (unpaired) electrons. The lowest BCUT2D eigenvalue weighted by Crippen LogP contribution is -2.37. The van der Waals surface area contributed by atoms with Gasteiger partial charge in [-0.25, -0.2) is 9.18 Å². The first kappa shape index (κ1) is 20.3. The normalized spacial score (nSPS) is 18.8. The quantitative estimate of drug-likeness (QED) is 0.658. The van der Waals surface area contributed by atoms with Crippen LogP contribution >= 0.6 is 0 Å². The summed E-state index contributed by atoms with van der Waals surface area (Å²) in [5, 5.41) is 3.56. The molecule has 2 amide bonds. The van der Waals surface area contributed by atoms with E-state index in [1.165, 1.54) is 11.0 Å². The number of fused-ring (bicyclic) bond motifs is 1. The second-order valence-electron chi connectivity index (χ2n) is 7.71. The number of hydrogen-bond donors (Lipinski definition) is 1. The summed E-state index contributed by atoms with van der Waals surface area (Å²) >= 11 is 0. The van der Waals surface area contributed by atoms with Crippen LogP contribution in [0, 0.1) is 5.82 Å². The number of halogens is 1. The van der Waals surface area contributed by atoms with Crippen LogP contribution < -0.4 is 15.1 Å². The van der Waals surface area contributed by atoms with Gasteiger partial charge in [-0.05, 0) is 30.3 Å². The van der Waals surface area contributed by atoms with Crippen LogP contribution in [0.15, 0.2) is 52.9 Å². The lowest BCUT2D eigenvalue weighted by molar-refractivity contribution is 0.0891. The van der Waals surface area contributed by atoms with Gasteiger partial charge in [0.1, 0.15) is 17.5 Å². The molecule has 2 fully saturated rings. The summed E-state index contributed by atoms with van der Waals surface area (Å²) in [6.45, 7) is 2.67. The molecular formula is C23H22FN3O5. The van der Waals surface area contributed by atoms with Gasteiger partial charge in [0.25, 0.3) is 5.91 Å². The molecule has 5 rings (SSSR count). The van der Waals surface area contributed by atoms with Gasteiger partial charge in [0.15, 0.2) is 5.76 Å². The molecule has 0 bridgehead atoms. The Labute approximate surface area is 183 Å². The van der Waals surface area contributed by atoms with Crippen LogP contribution in [0.2, 0.25) is 0 Å². The standard InChI is InChI=1S/C23H22FN3O5/c24-18-12-16(5-6-19(18)26-7-9-30-10-8-26)27-14-17(31-23(27)29)13-25-22(28)21-11-15-3-1-2-4-20(15)32-21/h1-6,11-12,17H,7-10,13-14H2,(H,25,28)/t17-/m0/s1. The fourth-order valence-corrected chi connectivity index (χ4v) is 3.95. The number of nitrogens with zero attached hydrogens (tertiary/aromatic N) is 2. The van der Waals surface area contributed by atoms with Crippen LogP contribution in [0.25, 0.3) is 11.0 Å². The minimum absolute atomic E-state index is 0.118. The first-order chi connectivity index (χ1) is 15.6. The van der Waals surface area contributed by atoms with Crippen LogP contribution in [-0.2, 0) is 9.47 Å². The zero-order chi connectivity index (χ0) is 22.1. The van der Waals surface area contributed by atoms with Gasteiger partial charge in [0.2, 0.25) is 0 Å². The minimum atomic E-state index is -0.577. The molecule has 9 heteroatoms. The number of hydrogen-bond acceptors (Lipinski definition) is 6. The predicted molar refractivity (Wildman–Crippen MR) is 116 cm³/mol. The second-order valence-corrected chi connectivity index (χ2v) is 7.71. The Kier molecular flexibility index (Phi) is 5.40. The Morgan fingerprint density at radius 1 is 1.12 bits per heavy atom. The van der Waals surface area contributed by atoms with Crippen LogP contribution in [-0.4, -0.2) is 57.5 Å². The molecule has 0 unspecified atom stereocenters. The first-order valence-corrected chi connectivity index (χ1v) is 10.5. The lowest BCUT2D eigenvalue weighted by atomic mass is 10.2. The van der Waals surface area contributed by atoms with Crippen molar-refractivity contribution in [3.05, 3.63) is 60.1 Å². The number of furan rings is 1. The lowest BCUT2D eigenvalue weighted by Gasteiger charge is -2.29. The summed E-state index contributed by atoms with van der Waals surface area (Å²) in [5.74, 6) is -0.608. The zero-order valence-corrected chi connectivity index (χ0v) is 17.3. The maximum atomic E-state index is 14.7. The number of morpholine rings is 1. The highest BCUT2D eigenvalue weighted by molar-refractivity contribution is 5.96. The van der Waals surface area contributed by atoms with E-state index < -0.39 is 23.9 Å². The number of carbonyl (C=O) groups excluding carboxylic acids is 2. The Hall–Kier alpha value is -3.59. The number of ether oxygens (including phenoxy) is 2. The minimum Gasteiger partial charge on any atom is -0.451 e. The Bertz CT molecular complexity index is 1120. The van der Waals surface area contributed by atoms with E-state index in [2.05, 4.69) is 5.32 Å². The molecule has 8 nitrogen and oxygen atoms in total. The summed E-state index contributed by atoms with van der Waals surface area (Å²) < 4.78 is 30.9. The van der Waals surface area contributed by atoms with E-state index in [4.69, 9.17) is 13.9 Å². The molecular weight excluding hydrogens is 417 g/mol. The van der Waals surface area contributed by atoms with E-state index in [1.54, 1.807) is 24.3 Å². The highest BCUT2D eigenvalue weighted by atomic mass is 19.1. The number of anilines is 2. The number of cyclic esters (lactones) is 1.